The second-order valence-electron chi connectivity index (χ2n) is 2.51. The van der Waals surface area contributed by atoms with Crippen LogP contribution in [0.15, 0.2) is 12.2 Å². The van der Waals surface area contributed by atoms with E-state index in [4.69, 9.17) is 10.6 Å². The number of carbonyl (C=O) groups excluding carboxylic acids is 2. The van der Waals surface area contributed by atoms with Crippen LogP contribution in [0.5, 0.6) is 0 Å². The molecular weight excluding hydrogens is 218 g/mol. The molecule has 16 heavy (non-hydrogen) atoms. The van der Waals surface area contributed by atoms with Crippen molar-refractivity contribution in [3.8, 4) is 0 Å². The monoisotopic (exact) mass is 233 g/mol. The van der Waals surface area contributed by atoms with Crippen LogP contribution >= 0.6 is 0 Å². The van der Waals surface area contributed by atoms with Gasteiger partial charge in [0.25, 0.3) is 0 Å². The summed E-state index contributed by atoms with van der Waals surface area (Å²) >= 11 is 0. The maximum absolute atomic E-state index is 10.9. The minimum Gasteiger partial charge on any atom is -0.466 e. The van der Waals surface area contributed by atoms with Crippen molar-refractivity contribution in [2.24, 2.45) is 5.90 Å². The molecule has 2 N–H and O–H groups in total. The van der Waals surface area contributed by atoms with Crippen LogP contribution in [-0.4, -0.2) is 45.5 Å². The number of rotatable bonds is 8. The summed E-state index contributed by atoms with van der Waals surface area (Å²) in [6.45, 7) is 0.929. The van der Waals surface area contributed by atoms with Gasteiger partial charge in [0, 0.05) is 12.2 Å². The van der Waals surface area contributed by atoms with Crippen LogP contribution in [0.3, 0.4) is 0 Å². The van der Waals surface area contributed by atoms with E-state index < -0.39 is 11.9 Å². The number of methoxy groups -OCH3 is 1. The maximum Gasteiger partial charge on any atom is 0.331 e. The van der Waals surface area contributed by atoms with Gasteiger partial charge in [-0.1, -0.05) is 0 Å². The van der Waals surface area contributed by atoms with E-state index in [2.05, 4.69) is 14.3 Å². The first kappa shape index (κ1) is 14.6. The first-order valence-electron chi connectivity index (χ1n) is 4.53. The molecule has 0 saturated heterocycles. The van der Waals surface area contributed by atoms with Gasteiger partial charge in [0.15, 0.2) is 0 Å². The molecule has 0 aliphatic rings. The fourth-order valence-corrected chi connectivity index (χ4v) is 0.663. The summed E-state index contributed by atoms with van der Waals surface area (Å²) in [5, 5.41) is 0. The van der Waals surface area contributed by atoms with Gasteiger partial charge in [-0.15, -0.1) is 0 Å². The number of carbonyl (C=O) groups is 2. The standard InChI is InChI=1S/C9H15NO6/c1-13-8(11)2-3-9(12)15-6-4-14-5-7-16-10/h2-3H,4-7,10H2,1H3/b3-2+. The smallest absolute Gasteiger partial charge is 0.331 e. The van der Waals surface area contributed by atoms with E-state index in [1.807, 2.05) is 0 Å². The number of nitrogens with two attached hydrogens (primary N) is 1. The Morgan fingerprint density at radius 1 is 1.06 bits per heavy atom. The Bertz CT molecular complexity index is 240. The number of hydrogen-bond donors (Lipinski definition) is 1. The van der Waals surface area contributed by atoms with Crippen LogP contribution in [0.25, 0.3) is 0 Å². The molecule has 0 aromatic carbocycles. The quantitative estimate of drug-likeness (QED) is 0.253. The molecule has 0 bridgehead atoms. The molecule has 0 heterocycles. The molecule has 0 aliphatic carbocycles. The molecule has 92 valence electrons. The Labute approximate surface area is 93.0 Å². The van der Waals surface area contributed by atoms with Crippen molar-refractivity contribution in [1.82, 2.24) is 0 Å². The molecule has 0 unspecified atom stereocenters. The third-order valence-corrected chi connectivity index (χ3v) is 1.37. The second kappa shape index (κ2) is 10.1. The van der Waals surface area contributed by atoms with Crippen LogP contribution in [0, 0.1) is 0 Å². The zero-order valence-corrected chi connectivity index (χ0v) is 9.01. The molecule has 0 aromatic rings. The molecule has 0 amide bonds. The van der Waals surface area contributed by atoms with Crippen LogP contribution < -0.4 is 5.90 Å². The second-order valence-corrected chi connectivity index (χ2v) is 2.51. The highest BCUT2D eigenvalue weighted by Crippen LogP contribution is 1.85. The molecule has 7 heteroatoms. The molecule has 0 fully saturated rings. The van der Waals surface area contributed by atoms with Crippen molar-refractivity contribution in [3.63, 3.8) is 0 Å². The first-order valence-corrected chi connectivity index (χ1v) is 4.53. The Kier molecular flexibility index (Phi) is 9.18. The maximum atomic E-state index is 10.9. The van der Waals surface area contributed by atoms with Gasteiger partial charge in [0.05, 0.1) is 26.9 Å². The normalized spacial score (nSPS) is 10.4. The zero-order valence-electron chi connectivity index (χ0n) is 9.01. The minimum absolute atomic E-state index is 0.0922. The van der Waals surface area contributed by atoms with Crippen molar-refractivity contribution in [3.05, 3.63) is 12.2 Å². The Hall–Kier alpha value is -1.44. The molecule has 0 aliphatic heterocycles. The third-order valence-electron chi connectivity index (χ3n) is 1.37. The predicted molar refractivity (Wildman–Crippen MR) is 53.1 cm³/mol. The lowest BCUT2D eigenvalue weighted by molar-refractivity contribution is -0.140. The van der Waals surface area contributed by atoms with Gasteiger partial charge in [0.1, 0.15) is 6.61 Å². The van der Waals surface area contributed by atoms with Crippen LogP contribution in [0.4, 0.5) is 0 Å². The molecule has 0 atom stereocenters. The van der Waals surface area contributed by atoms with Crippen molar-refractivity contribution in [2.45, 2.75) is 0 Å². The summed E-state index contributed by atoms with van der Waals surface area (Å²) in [4.78, 5) is 25.8. The van der Waals surface area contributed by atoms with E-state index in [0.717, 1.165) is 12.2 Å². The van der Waals surface area contributed by atoms with Gasteiger partial charge in [-0.3, -0.25) is 0 Å². The Morgan fingerprint density at radius 3 is 2.31 bits per heavy atom. The molecule has 0 spiro atoms. The van der Waals surface area contributed by atoms with E-state index >= 15 is 0 Å². The average Bonchev–Trinajstić information content (AvgIpc) is 2.30. The lowest BCUT2D eigenvalue weighted by Gasteiger charge is -2.03. The van der Waals surface area contributed by atoms with Gasteiger partial charge < -0.3 is 19.0 Å². The third kappa shape index (κ3) is 9.13. The summed E-state index contributed by atoms with van der Waals surface area (Å²) in [6, 6.07) is 0. The summed E-state index contributed by atoms with van der Waals surface area (Å²) in [5.41, 5.74) is 0. The lowest BCUT2D eigenvalue weighted by Crippen LogP contribution is -2.13. The van der Waals surface area contributed by atoms with Crippen molar-refractivity contribution in [1.29, 1.82) is 0 Å². The van der Waals surface area contributed by atoms with Crippen molar-refractivity contribution < 1.29 is 28.6 Å². The fourth-order valence-electron chi connectivity index (χ4n) is 0.663. The molecular formula is C9H15NO6. The van der Waals surface area contributed by atoms with Crippen molar-refractivity contribution in [2.75, 3.05) is 33.5 Å². The number of esters is 2. The molecule has 0 radical (unpaired) electrons. The van der Waals surface area contributed by atoms with E-state index in [-0.39, 0.29) is 19.8 Å². The summed E-state index contributed by atoms with van der Waals surface area (Å²) in [7, 11) is 1.21. The molecule has 0 saturated carbocycles. The lowest BCUT2D eigenvalue weighted by atomic mass is 10.5. The highest BCUT2D eigenvalue weighted by atomic mass is 16.6. The van der Waals surface area contributed by atoms with Gasteiger partial charge in [-0.2, -0.15) is 0 Å². The van der Waals surface area contributed by atoms with E-state index in [1.165, 1.54) is 7.11 Å². The predicted octanol–water partition coefficient (Wildman–Crippen LogP) is -0.834. The highest BCUT2D eigenvalue weighted by molar-refractivity contribution is 5.91. The summed E-state index contributed by atoms with van der Waals surface area (Å²) < 4.78 is 13.9. The SMILES string of the molecule is COC(=O)/C=C/C(=O)OCCOCCON. The van der Waals surface area contributed by atoms with Crippen LogP contribution in [0.2, 0.25) is 0 Å². The van der Waals surface area contributed by atoms with Crippen molar-refractivity contribution >= 4 is 11.9 Å². The summed E-state index contributed by atoms with van der Waals surface area (Å²) in [6.07, 6.45) is 1.96. The van der Waals surface area contributed by atoms with Crippen LogP contribution in [0.1, 0.15) is 0 Å². The van der Waals surface area contributed by atoms with E-state index in [1.54, 1.807) is 0 Å². The average molecular weight is 233 g/mol. The molecule has 7 nitrogen and oxygen atoms in total. The highest BCUT2D eigenvalue weighted by Gasteiger charge is 1.99. The van der Waals surface area contributed by atoms with E-state index in [0.29, 0.717) is 6.61 Å². The molecule has 0 rings (SSSR count). The first-order chi connectivity index (χ1) is 7.70. The Morgan fingerprint density at radius 2 is 1.69 bits per heavy atom. The molecule has 0 aromatic heterocycles. The van der Waals surface area contributed by atoms with Gasteiger partial charge in [-0.05, 0) is 0 Å². The van der Waals surface area contributed by atoms with E-state index in [9.17, 15) is 9.59 Å². The fraction of sp³-hybridized carbons (Fsp3) is 0.556. The summed E-state index contributed by atoms with van der Waals surface area (Å²) in [5.74, 6) is 3.50. The topological polar surface area (TPSA) is 97.1 Å². The largest absolute Gasteiger partial charge is 0.466 e. The number of hydrogen-bond acceptors (Lipinski definition) is 7. The van der Waals surface area contributed by atoms with Gasteiger partial charge in [-0.25, -0.2) is 15.5 Å². The number of ether oxygens (including phenoxy) is 3. The minimum atomic E-state index is -0.635. The van der Waals surface area contributed by atoms with Gasteiger partial charge >= 0.3 is 11.9 Å². The van der Waals surface area contributed by atoms with Gasteiger partial charge in [0.2, 0.25) is 0 Å². The zero-order chi connectivity index (χ0) is 12.2. The Balaban J connectivity index is 3.44. The van der Waals surface area contributed by atoms with Crippen LogP contribution in [-0.2, 0) is 28.6 Å².